The van der Waals surface area contributed by atoms with Crippen LogP contribution in [0.2, 0.25) is 0 Å². The lowest BCUT2D eigenvalue weighted by Gasteiger charge is -1.93. The number of rotatable bonds is 5. The van der Waals surface area contributed by atoms with E-state index in [4.69, 9.17) is 5.73 Å². The highest BCUT2D eigenvalue weighted by atomic mass is 32.1. The number of carbonyl (C=O) groups excluding carboxylic acids is 1. The number of hydrogen-bond donors (Lipinski definition) is 2. The van der Waals surface area contributed by atoms with E-state index in [1.165, 1.54) is 18.3 Å². The van der Waals surface area contributed by atoms with E-state index in [1.54, 1.807) is 0 Å². The summed E-state index contributed by atoms with van der Waals surface area (Å²) in [6.07, 6.45) is 2.90. The maximum atomic E-state index is 10.7. The van der Waals surface area contributed by atoms with Crippen LogP contribution in [0.25, 0.3) is 0 Å². The van der Waals surface area contributed by atoms with Gasteiger partial charge < -0.3 is 11.1 Å². The third-order valence-corrected chi connectivity index (χ3v) is 2.49. The molecule has 0 atom stereocenters. The number of aromatic nitrogens is 2. The maximum absolute atomic E-state index is 10.7. The summed E-state index contributed by atoms with van der Waals surface area (Å²) in [6, 6.07) is 0. The average Bonchev–Trinajstić information content (AvgIpc) is 2.52. The molecule has 3 N–H and O–H groups in total. The Morgan fingerprint density at radius 2 is 2.29 bits per heavy atom. The minimum atomic E-state index is -0.116. The Hall–Kier alpha value is -1.01. The van der Waals surface area contributed by atoms with Crippen molar-refractivity contribution in [2.45, 2.75) is 26.2 Å². The van der Waals surface area contributed by atoms with Crippen molar-refractivity contribution in [1.29, 1.82) is 0 Å². The van der Waals surface area contributed by atoms with Gasteiger partial charge in [-0.15, -0.1) is 10.2 Å². The molecule has 0 aliphatic heterocycles. The molecule has 78 valence electrons. The van der Waals surface area contributed by atoms with E-state index in [2.05, 4.69) is 15.5 Å². The standard InChI is InChI=1S/C8H14N4OS/c1-6(13)10-8-12-11-7(14-8)4-2-3-5-9/h2-5,9H2,1H3,(H,10,12,13). The molecule has 0 spiro atoms. The van der Waals surface area contributed by atoms with Crippen LogP contribution in [0.1, 0.15) is 24.8 Å². The minimum Gasteiger partial charge on any atom is -0.330 e. The van der Waals surface area contributed by atoms with Gasteiger partial charge in [-0.3, -0.25) is 4.79 Å². The van der Waals surface area contributed by atoms with Crippen molar-refractivity contribution >= 4 is 22.4 Å². The summed E-state index contributed by atoms with van der Waals surface area (Å²) in [6.45, 7) is 2.16. The summed E-state index contributed by atoms with van der Waals surface area (Å²) in [4.78, 5) is 10.7. The highest BCUT2D eigenvalue weighted by Crippen LogP contribution is 2.16. The zero-order valence-corrected chi connectivity index (χ0v) is 8.93. The van der Waals surface area contributed by atoms with Crippen LogP contribution in [-0.2, 0) is 11.2 Å². The second kappa shape index (κ2) is 5.66. The summed E-state index contributed by atoms with van der Waals surface area (Å²) in [7, 11) is 0. The van der Waals surface area contributed by atoms with Crippen LogP contribution < -0.4 is 11.1 Å². The van der Waals surface area contributed by atoms with Gasteiger partial charge in [-0.25, -0.2) is 0 Å². The quantitative estimate of drug-likeness (QED) is 0.710. The van der Waals surface area contributed by atoms with Crippen LogP contribution in [0.15, 0.2) is 0 Å². The first-order valence-electron chi connectivity index (χ1n) is 4.52. The van der Waals surface area contributed by atoms with Crippen LogP contribution in [-0.4, -0.2) is 22.6 Å². The van der Waals surface area contributed by atoms with Crippen molar-refractivity contribution < 1.29 is 4.79 Å². The number of anilines is 1. The van der Waals surface area contributed by atoms with E-state index in [0.29, 0.717) is 11.7 Å². The molecule has 0 aromatic carbocycles. The van der Waals surface area contributed by atoms with Gasteiger partial charge in [0.1, 0.15) is 5.01 Å². The molecule has 5 nitrogen and oxygen atoms in total. The molecule has 1 amide bonds. The fraction of sp³-hybridized carbons (Fsp3) is 0.625. The lowest BCUT2D eigenvalue weighted by Crippen LogP contribution is -2.04. The number of hydrogen-bond acceptors (Lipinski definition) is 5. The van der Waals surface area contributed by atoms with E-state index in [-0.39, 0.29) is 5.91 Å². The zero-order valence-electron chi connectivity index (χ0n) is 8.12. The van der Waals surface area contributed by atoms with E-state index in [0.717, 1.165) is 24.3 Å². The van der Waals surface area contributed by atoms with Crippen LogP contribution in [0.5, 0.6) is 0 Å². The Morgan fingerprint density at radius 3 is 2.93 bits per heavy atom. The van der Waals surface area contributed by atoms with Crippen molar-refractivity contribution in [3.8, 4) is 0 Å². The van der Waals surface area contributed by atoms with Crippen LogP contribution in [0.3, 0.4) is 0 Å². The molecule has 6 heteroatoms. The zero-order chi connectivity index (χ0) is 10.4. The van der Waals surface area contributed by atoms with E-state index in [9.17, 15) is 4.79 Å². The van der Waals surface area contributed by atoms with Crippen LogP contribution in [0, 0.1) is 0 Å². The Bertz CT molecular complexity index is 299. The molecule has 1 rings (SSSR count). The molecule has 0 saturated carbocycles. The summed E-state index contributed by atoms with van der Waals surface area (Å²) < 4.78 is 0. The van der Waals surface area contributed by atoms with Crippen LogP contribution in [0.4, 0.5) is 5.13 Å². The first kappa shape index (κ1) is 11.1. The molecule has 0 saturated heterocycles. The summed E-state index contributed by atoms with van der Waals surface area (Å²) in [5, 5.41) is 11.9. The van der Waals surface area contributed by atoms with Gasteiger partial charge >= 0.3 is 0 Å². The summed E-state index contributed by atoms with van der Waals surface area (Å²) in [5.74, 6) is -0.116. The second-order valence-corrected chi connectivity index (χ2v) is 3.99. The van der Waals surface area contributed by atoms with Crippen molar-refractivity contribution in [3.05, 3.63) is 5.01 Å². The van der Waals surface area contributed by atoms with Crippen molar-refractivity contribution in [2.75, 3.05) is 11.9 Å². The number of nitrogens with zero attached hydrogens (tertiary/aromatic N) is 2. The maximum Gasteiger partial charge on any atom is 0.223 e. The van der Waals surface area contributed by atoms with E-state index in [1.807, 2.05) is 0 Å². The monoisotopic (exact) mass is 214 g/mol. The Kier molecular flexibility index (Phi) is 4.48. The number of unbranched alkanes of at least 4 members (excludes halogenated alkanes) is 1. The number of carbonyl (C=O) groups is 1. The first-order chi connectivity index (χ1) is 6.72. The first-order valence-corrected chi connectivity index (χ1v) is 5.34. The van der Waals surface area contributed by atoms with Gasteiger partial charge in [0, 0.05) is 13.3 Å². The molecule has 1 aromatic heterocycles. The molecule has 0 fully saturated rings. The SMILES string of the molecule is CC(=O)Nc1nnc(CCCCN)s1. The van der Waals surface area contributed by atoms with Gasteiger partial charge in [0.25, 0.3) is 0 Å². The topological polar surface area (TPSA) is 80.9 Å². The summed E-state index contributed by atoms with van der Waals surface area (Å²) in [5.41, 5.74) is 5.37. The fourth-order valence-corrected chi connectivity index (χ4v) is 1.80. The molecular formula is C8H14N4OS. The normalized spacial score (nSPS) is 10.1. The van der Waals surface area contributed by atoms with Crippen molar-refractivity contribution in [3.63, 3.8) is 0 Å². The molecule has 0 radical (unpaired) electrons. The molecule has 14 heavy (non-hydrogen) atoms. The number of amides is 1. The molecule has 0 aliphatic carbocycles. The number of nitrogens with one attached hydrogen (secondary N) is 1. The Morgan fingerprint density at radius 1 is 1.50 bits per heavy atom. The number of nitrogens with two attached hydrogens (primary N) is 1. The lowest BCUT2D eigenvalue weighted by atomic mass is 10.2. The number of aryl methyl sites for hydroxylation is 1. The van der Waals surface area contributed by atoms with E-state index >= 15 is 0 Å². The second-order valence-electron chi connectivity index (χ2n) is 2.93. The lowest BCUT2D eigenvalue weighted by molar-refractivity contribution is -0.114. The summed E-state index contributed by atoms with van der Waals surface area (Å²) >= 11 is 1.42. The van der Waals surface area contributed by atoms with Gasteiger partial charge in [-0.2, -0.15) is 0 Å². The van der Waals surface area contributed by atoms with Crippen molar-refractivity contribution in [1.82, 2.24) is 10.2 Å². The molecular weight excluding hydrogens is 200 g/mol. The Labute approximate surface area is 86.7 Å². The van der Waals surface area contributed by atoms with Gasteiger partial charge in [0.05, 0.1) is 0 Å². The van der Waals surface area contributed by atoms with Gasteiger partial charge in [0.2, 0.25) is 11.0 Å². The largest absolute Gasteiger partial charge is 0.330 e. The molecule has 0 unspecified atom stereocenters. The predicted molar refractivity (Wildman–Crippen MR) is 56.2 cm³/mol. The highest BCUT2D eigenvalue weighted by Gasteiger charge is 2.04. The third kappa shape index (κ3) is 3.80. The molecule has 1 heterocycles. The molecule has 1 aromatic rings. The van der Waals surface area contributed by atoms with Gasteiger partial charge in [-0.1, -0.05) is 11.3 Å². The highest BCUT2D eigenvalue weighted by molar-refractivity contribution is 7.15. The minimum absolute atomic E-state index is 0.116. The van der Waals surface area contributed by atoms with Crippen molar-refractivity contribution in [2.24, 2.45) is 5.73 Å². The predicted octanol–water partition coefficient (Wildman–Crippen LogP) is 0.778. The van der Waals surface area contributed by atoms with Gasteiger partial charge in [-0.05, 0) is 19.4 Å². The Balaban J connectivity index is 2.38. The van der Waals surface area contributed by atoms with E-state index < -0.39 is 0 Å². The average molecular weight is 214 g/mol. The molecule has 0 bridgehead atoms. The fourth-order valence-electron chi connectivity index (χ4n) is 0.976. The smallest absolute Gasteiger partial charge is 0.223 e. The third-order valence-electron chi connectivity index (χ3n) is 1.59. The van der Waals surface area contributed by atoms with Gasteiger partial charge in [0.15, 0.2) is 0 Å². The van der Waals surface area contributed by atoms with Crippen LogP contribution >= 0.6 is 11.3 Å². The molecule has 0 aliphatic rings.